The zero-order valence-corrected chi connectivity index (χ0v) is 17.4. The van der Waals surface area contributed by atoms with E-state index in [-0.39, 0.29) is 11.9 Å². The Morgan fingerprint density at radius 3 is 2.87 bits per heavy atom. The molecule has 156 valence electrons. The highest BCUT2D eigenvalue weighted by molar-refractivity contribution is 5.94. The summed E-state index contributed by atoms with van der Waals surface area (Å²) in [6, 6.07) is 7.79. The summed E-state index contributed by atoms with van der Waals surface area (Å²) in [6.45, 7) is 2.21. The summed E-state index contributed by atoms with van der Waals surface area (Å²) < 4.78 is 12.7. The normalized spacial score (nSPS) is 20.3. The number of fused-ring (bicyclic) bond motifs is 2. The van der Waals surface area contributed by atoms with Crippen LogP contribution >= 0.6 is 0 Å². The molecule has 1 N–H and O–H groups in total. The lowest BCUT2D eigenvalue weighted by Crippen LogP contribution is -2.32. The van der Waals surface area contributed by atoms with Gasteiger partial charge in [0.1, 0.15) is 11.5 Å². The first-order valence-corrected chi connectivity index (χ1v) is 10.6. The quantitative estimate of drug-likeness (QED) is 0.713. The molecule has 2 aliphatic rings. The molecule has 1 amide bonds. The molecule has 7 heteroatoms. The smallest absolute Gasteiger partial charge is 0.274 e. The zero-order valence-electron chi connectivity index (χ0n) is 17.4. The van der Waals surface area contributed by atoms with Gasteiger partial charge < -0.3 is 14.6 Å². The first-order chi connectivity index (χ1) is 14.6. The largest absolute Gasteiger partial charge is 0.497 e. The maximum Gasteiger partial charge on any atom is 0.274 e. The predicted molar refractivity (Wildman–Crippen MR) is 111 cm³/mol. The first kappa shape index (κ1) is 18.9. The molecule has 0 bridgehead atoms. The SMILES string of the molecule is COc1ccc(-n2ncc3c2CCC[C@H]3NC(=O)c2noc3c2C[C@@H](C)CC3)cc1. The number of carbonyl (C=O) groups excluding carboxylic acids is 1. The topological polar surface area (TPSA) is 82.2 Å². The summed E-state index contributed by atoms with van der Waals surface area (Å²) >= 11 is 0. The van der Waals surface area contributed by atoms with Gasteiger partial charge in [-0.2, -0.15) is 5.10 Å². The van der Waals surface area contributed by atoms with E-state index in [4.69, 9.17) is 9.26 Å². The summed E-state index contributed by atoms with van der Waals surface area (Å²) in [5, 5.41) is 11.9. The van der Waals surface area contributed by atoms with Crippen LogP contribution in [0.5, 0.6) is 5.75 Å². The van der Waals surface area contributed by atoms with Crippen molar-refractivity contribution in [3.05, 3.63) is 58.7 Å². The summed E-state index contributed by atoms with van der Waals surface area (Å²) in [6.07, 6.45) is 7.50. The van der Waals surface area contributed by atoms with Gasteiger partial charge in [0.05, 0.1) is 25.0 Å². The number of hydrogen-bond acceptors (Lipinski definition) is 5. The van der Waals surface area contributed by atoms with Crippen molar-refractivity contribution in [1.82, 2.24) is 20.3 Å². The highest BCUT2D eigenvalue weighted by atomic mass is 16.5. The lowest BCUT2D eigenvalue weighted by molar-refractivity contribution is 0.0922. The van der Waals surface area contributed by atoms with Crippen LogP contribution in [0.4, 0.5) is 0 Å². The lowest BCUT2D eigenvalue weighted by atomic mass is 9.88. The van der Waals surface area contributed by atoms with Crippen molar-refractivity contribution in [2.75, 3.05) is 7.11 Å². The third-order valence-electron chi connectivity index (χ3n) is 6.31. The van der Waals surface area contributed by atoms with Gasteiger partial charge in [0.15, 0.2) is 5.69 Å². The van der Waals surface area contributed by atoms with Crippen LogP contribution in [-0.2, 0) is 19.3 Å². The van der Waals surface area contributed by atoms with Crippen molar-refractivity contribution in [3.63, 3.8) is 0 Å². The van der Waals surface area contributed by atoms with Crippen LogP contribution in [0.15, 0.2) is 35.0 Å². The Morgan fingerprint density at radius 2 is 2.07 bits per heavy atom. The summed E-state index contributed by atoms with van der Waals surface area (Å²) in [5.41, 5.74) is 4.65. The Bertz CT molecular complexity index is 1070. The zero-order chi connectivity index (χ0) is 20.7. The van der Waals surface area contributed by atoms with Crippen molar-refractivity contribution in [1.29, 1.82) is 0 Å². The molecule has 30 heavy (non-hydrogen) atoms. The van der Waals surface area contributed by atoms with Crippen LogP contribution in [-0.4, -0.2) is 28.0 Å². The monoisotopic (exact) mass is 406 g/mol. The van der Waals surface area contributed by atoms with E-state index in [1.807, 2.05) is 35.1 Å². The molecule has 0 aliphatic heterocycles. The fourth-order valence-corrected chi connectivity index (χ4v) is 4.64. The van der Waals surface area contributed by atoms with Gasteiger partial charge in [0.2, 0.25) is 0 Å². The minimum Gasteiger partial charge on any atom is -0.497 e. The second-order valence-electron chi connectivity index (χ2n) is 8.36. The Balaban J connectivity index is 1.39. The number of nitrogens with one attached hydrogen (secondary N) is 1. The molecular formula is C23H26N4O3. The van der Waals surface area contributed by atoms with Crippen LogP contribution in [0.3, 0.4) is 0 Å². The van der Waals surface area contributed by atoms with Crippen LogP contribution in [0.2, 0.25) is 0 Å². The standard InChI is InChI=1S/C23H26N4O3/c1-14-6-11-21-17(12-14)22(26-30-21)23(28)25-19-4-3-5-20-18(19)13-24-27(20)15-7-9-16(29-2)10-8-15/h7-10,13-14,19H,3-6,11-12H2,1-2H3,(H,25,28)/t14-,19+/m0/s1. The second-order valence-corrected chi connectivity index (χ2v) is 8.36. The Hall–Kier alpha value is -3.09. The van der Waals surface area contributed by atoms with E-state index in [0.29, 0.717) is 11.6 Å². The van der Waals surface area contributed by atoms with Crippen molar-refractivity contribution in [2.45, 2.75) is 51.5 Å². The molecule has 2 atom stereocenters. The Kier molecular flexibility index (Phi) is 4.81. The number of aromatic nitrogens is 3. The van der Waals surface area contributed by atoms with E-state index in [2.05, 4.69) is 22.5 Å². The maximum atomic E-state index is 13.0. The Morgan fingerprint density at radius 1 is 1.23 bits per heavy atom. The average Bonchev–Trinajstić information content (AvgIpc) is 3.38. The fourth-order valence-electron chi connectivity index (χ4n) is 4.64. The van der Waals surface area contributed by atoms with Gasteiger partial charge in [-0.15, -0.1) is 0 Å². The molecule has 0 saturated carbocycles. The number of ether oxygens (including phenoxy) is 1. The van der Waals surface area contributed by atoms with Gasteiger partial charge in [0.25, 0.3) is 5.91 Å². The third-order valence-corrected chi connectivity index (χ3v) is 6.31. The lowest BCUT2D eigenvalue weighted by Gasteiger charge is -2.24. The van der Waals surface area contributed by atoms with Crippen molar-refractivity contribution < 1.29 is 14.1 Å². The minimum absolute atomic E-state index is 0.0680. The molecule has 7 nitrogen and oxygen atoms in total. The van der Waals surface area contributed by atoms with Crippen molar-refractivity contribution in [2.24, 2.45) is 5.92 Å². The van der Waals surface area contributed by atoms with E-state index >= 15 is 0 Å². The molecule has 0 spiro atoms. The molecule has 0 radical (unpaired) electrons. The first-order valence-electron chi connectivity index (χ1n) is 10.6. The summed E-state index contributed by atoms with van der Waals surface area (Å²) in [7, 11) is 1.66. The third kappa shape index (κ3) is 3.28. The fraction of sp³-hybridized carbons (Fsp3) is 0.435. The van der Waals surface area contributed by atoms with Gasteiger partial charge in [-0.3, -0.25) is 4.79 Å². The molecule has 0 fully saturated rings. The van der Waals surface area contributed by atoms with Gasteiger partial charge in [-0.1, -0.05) is 12.1 Å². The van der Waals surface area contributed by atoms with Gasteiger partial charge in [-0.05, 0) is 62.3 Å². The number of rotatable bonds is 4. The van der Waals surface area contributed by atoms with Crippen LogP contribution in [0.1, 0.15) is 65.3 Å². The summed E-state index contributed by atoms with van der Waals surface area (Å²) in [4.78, 5) is 13.0. The number of nitrogens with zero attached hydrogens (tertiary/aromatic N) is 3. The van der Waals surface area contributed by atoms with E-state index < -0.39 is 0 Å². The highest BCUT2D eigenvalue weighted by Crippen LogP contribution is 2.33. The van der Waals surface area contributed by atoms with Gasteiger partial charge in [0, 0.05) is 23.2 Å². The molecule has 0 saturated heterocycles. The molecular weight excluding hydrogens is 380 g/mol. The molecule has 1 aromatic carbocycles. The van der Waals surface area contributed by atoms with Crippen LogP contribution in [0.25, 0.3) is 5.69 Å². The highest BCUT2D eigenvalue weighted by Gasteiger charge is 2.30. The molecule has 0 unspecified atom stereocenters. The molecule has 2 aromatic heterocycles. The summed E-state index contributed by atoms with van der Waals surface area (Å²) in [5.74, 6) is 2.08. The number of methoxy groups -OCH3 is 1. The van der Waals surface area contributed by atoms with Gasteiger partial charge in [-0.25, -0.2) is 4.68 Å². The van der Waals surface area contributed by atoms with Crippen LogP contribution in [0, 0.1) is 5.92 Å². The minimum atomic E-state index is -0.149. The maximum absolute atomic E-state index is 13.0. The predicted octanol–water partition coefficient (Wildman–Crippen LogP) is 3.80. The number of amides is 1. The van der Waals surface area contributed by atoms with E-state index in [1.54, 1.807) is 7.11 Å². The number of benzene rings is 1. The van der Waals surface area contributed by atoms with E-state index in [9.17, 15) is 4.79 Å². The number of carbonyl (C=O) groups is 1. The number of hydrogen-bond donors (Lipinski definition) is 1. The van der Waals surface area contributed by atoms with E-state index in [1.165, 1.54) is 0 Å². The van der Waals surface area contributed by atoms with Crippen LogP contribution < -0.4 is 10.1 Å². The molecule has 5 rings (SSSR count). The second kappa shape index (κ2) is 7.63. The molecule has 3 aromatic rings. The Labute approximate surface area is 175 Å². The molecule has 2 heterocycles. The van der Waals surface area contributed by atoms with E-state index in [0.717, 1.165) is 72.5 Å². The van der Waals surface area contributed by atoms with Crippen molar-refractivity contribution >= 4 is 5.91 Å². The number of aryl methyl sites for hydroxylation is 1. The van der Waals surface area contributed by atoms with Gasteiger partial charge >= 0.3 is 0 Å². The average molecular weight is 406 g/mol. The molecule has 2 aliphatic carbocycles. The van der Waals surface area contributed by atoms with Crippen molar-refractivity contribution in [3.8, 4) is 11.4 Å².